The highest BCUT2D eigenvalue weighted by molar-refractivity contribution is 5.35. The van der Waals surface area contributed by atoms with Crippen molar-refractivity contribution in [1.29, 1.82) is 10.5 Å². The molecule has 0 aromatic heterocycles. The van der Waals surface area contributed by atoms with Crippen molar-refractivity contribution >= 4 is 0 Å². The molecule has 0 saturated carbocycles. The quantitative estimate of drug-likeness (QED) is 0.832. The topological polar surface area (TPSA) is 71.0 Å². The summed E-state index contributed by atoms with van der Waals surface area (Å²) in [6.45, 7) is 3.77. The fourth-order valence-corrected chi connectivity index (χ4v) is 1.77. The Kier molecular flexibility index (Phi) is 5.70. The summed E-state index contributed by atoms with van der Waals surface area (Å²) in [5, 5.41) is 27.0. The van der Waals surface area contributed by atoms with Gasteiger partial charge in [0.2, 0.25) is 0 Å². The minimum Gasteiger partial charge on any atom is -0.508 e. The zero-order valence-corrected chi connectivity index (χ0v) is 10.6. The smallest absolute Gasteiger partial charge is 0.120 e. The summed E-state index contributed by atoms with van der Waals surface area (Å²) in [6, 6.07) is 9.66. The first-order valence-electron chi connectivity index (χ1n) is 5.92. The van der Waals surface area contributed by atoms with Gasteiger partial charge < -0.3 is 5.11 Å². The maximum Gasteiger partial charge on any atom is 0.120 e. The van der Waals surface area contributed by atoms with Gasteiger partial charge in [0, 0.05) is 38.0 Å². The summed E-state index contributed by atoms with van der Waals surface area (Å²) in [6.07, 6.45) is 0.857. The maximum absolute atomic E-state index is 9.78. The van der Waals surface area contributed by atoms with Crippen LogP contribution in [0.1, 0.15) is 24.0 Å². The van der Waals surface area contributed by atoms with Crippen LogP contribution in [0, 0.1) is 29.6 Å². The first-order chi connectivity index (χ1) is 8.67. The van der Waals surface area contributed by atoms with Gasteiger partial charge in [0.05, 0.1) is 12.1 Å². The summed E-state index contributed by atoms with van der Waals surface area (Å²) < 4.78 is 0. The van der Waals surface area contributed by atoms with Crippen molar-refractivity contribution < 1.29 is 5.11 Å². The number of aryl methyl sites for hydroxylation is 1. The average Bonchev–Trinajstić information content (AvgIpc) is 2.37. The molecule has 94 valence electrons. The van der Waals surface area contributed by atoms with E-state index in [0.29, 0.717) is 32.5 Å². The Morgan fingerprint density at radius 2 is 1.78 bits per heavy atom. The molecule has 1 aromatic rings. The van der Waals surface area contributed by atoms with E-state index in [1.54, 1.807) is 6.07 Å². The monoisotopic (exact) mass is 243 g/mol. The Morgan fingerprint density at radius 1 is 1.17 bits per heavy atom. The van der Waals surface area contributed by atoms with Crippen LogP contribution < -0.4 is 0 Å². The van der Waals surface area contributed by atoms with Crippen molar-refractivity contribution in [2.75, 3.05) is 13.1 Å². The van der Waals surface area contributed by atoms with Crippen molar-refractivity contribution in [2.45, 2.75) is 26.3 Å². The van der Waals surface area contributed by atoms with E-state index in [-0.39, 0.29) is 5.75 Å². The fraction of sp³-hybridized carbons (Fsp3) is 0.429. The second kappa shape index (κ2) is 7.32. The molecule has 0 aliphatic heterocycles. The Morgan fingerprint density at radius 3 is 2.33 bits per heavy atom. The van der Waals surface area contributed by atoms with Gasteiger partial charge >= 0.3 is 0 Å². The molecular weight excluding hydrogens is 226 g/mol. The van der Waals surface area contributed by atoms with Gasteiger partial charge in [0.15, 0.2) is 0 Å². The number of aromatic hydroxyl groups is 1. The molecule has 0 unspecified atom stereocenters. The van der Waals surface area contributed by atoms with Gasteiger partial charge in [0.25, 0.3) is 0 Å². The average molecular weight is 243 g/mol. The number of benzene rings is 1. The zero-order valence-electron chi connectivity index (χ0n) is 10.6. The molecule has 1 N–H and O–H groups in total. The molecule has 0 aliphatic carbocycles. The van der Waals surface area contributed by atoms with Gasteiger partial charge in [-0.1, -0.05) is 17.7 Å². The first kappa shape index (κ1) is 14.0. The molecule has 0 aliphatic rings. The Bertz CT molecular complexity index is 453. The molecule has 0 radical (unpaired) electrons. The second-order valence-electron chi connectivity index (χ2n) is 4.22. The highest BCUT2D eigenvalue weighted by Crippen LogP contribution is 2.20. The molecule has 1 rings (SSSR count). The van der Waals surface area contributed by atoms with Crippen LogP contribution in [0.4, 0.5) is 0 Å². The van der Waals surface area contributed by atoms with Gasteiger partial charge in [0.1, 0.15) is 5.75 Å². The van der Waals surface area contributed by atoms with E-state index in [1.807, 2.05) is 24.0 Å². The van der Waals surface area contributed by atoms with Crippen LogP contribution in [0.25, 0.3) is 0 Å². The van der Waals surface area contributed by atoms with E-state index in [2.05, 4.69) is 12.1 Å². The molecule has 0 saturated heterocycles. The predicted octanol–water partition coefficient (Wildman–Crippen LogP) is 2.33. The highest BCUT2D eigenvalue weighted by Gasteiger charge is 2.09. The summed E-state index contributed by atoms with van der Waals surface area (Å²) in [7, 11) is 0. The van der Waals surface area contributed by atoms with E-state index < -0.39 is 0 Å². The molecule has 0 amide bonds. The molecule has 0 atom stereocenters. The molecule has 4 heteroatoms. The maximum atomic E-state index is 9.78. The Labute approximate surface area is 108 Å². The predicted molar refractivity (Wildman–Crippen MR) is 68.6 cm³/mol. The Balaban J connectivity index is 2.72. The van der Waals surface area contributed by atoms with Crippen molar-refractivity contribution in [3.63, 3.8) is 0 Å². The fourth-order valence-electron chi connectivity index (χ4n) is 1.77. The van der Waals surface area contributed by atoms with Crippen molar-refractivity contribution in [1.82, 2.24) is 4.90 Å². The summed E-state index contributed by atoms with van der Waals surface area (Å²) in [5.41, 5.74) is 1.93. The van der Waals surface area contributed by atoms with E-state index in [9.17, 15) is 5.11 Å². The van der Waals surface area contributed by atoms with Gasteiger partial charge in [-0.3, -0.25) is 4.90 Å². The molecule has 0 spiro atoms. The van der Waals surface area contributed by atoms with Crippen LogP contribution in [-0.2, 0) is 6.54 Å². The normalized spacial score (nSPS) is 10.0. The number of phenolic OH excluding ortho intramolecular Hbond substituents is 1. The van der Waals surface area contributed by atoms with Gasteiger partial charge in [-0.25, -0.2) is 0 Å². The van der Waals surface area contributed by atoms with Crippen LogP contribution in [0.2, 0.25) is 0 Å². The summed E-state index contributed by atoms with van der Waals surface area (Å²) >= 11 is 0. The first-order valence-corrected chi connectivity index (χ1v) is 5.92. The van der Waals surface area contributed by atoms with Crippen LogP contribution >= 0.6 is 0 Å². The number of hydrogen-bond donors (Lipinski definition) is 1. The Hall–Kier alpha value is -2.04. The van der Waals surface area contributed by atoms with Crippen LogP contribution in [0.5, 0.6) is 5.75 Å². The molecule has 4 nitrogen and oxygen atoms in total. The molecule has 18 heavy (non-hydrogen) atoms. The molecule has 1 aromatic carbocycles. The van der Waals surface area contributed by atoms with E-state index in [4.69, 9.17) is 10.5 Å². The third-order valence-electron chi connectivity index (χ3n) is 2.71. The third-order valence-corrected chi connectivity index (χ3v) is 2.71. The lowest BCUT2D eigenvalue weighted by molar-refractivity contribution is 0.273. The number of hydrogen-bond acceptors (Lipinski definition) is 4. The van der Waals surface area contributed by atoms with Gasteiger partial charge in [-0.05, 0) is 13.0 Å². The molecule has 0 bridgehead atoms. The van der Waals surface area contributed by atoms with Gasteiger partial charge in [-0.2, -0.15) is 10.5 Å². The third kappa shape index (κ3) is 4.45. The van der Waals surface area contributed by atoms with Crippen LogP contribution in [0.15, 0.2) is 18.2 Å². The van der Waals surface area contributed by atoms with Crippen molar-refractivity contribution in [3.05, 3.63) is 29.3 Å². The lowest BCUT2D eigenvalue weighted by Gasteiger charge is -2.20. The standard InChI is InChI=1S/C14H17N3O/c1-12-4-5-14(18)13(10-12)11-17(8-2-6-15)9-3-7-16/h4-5,10,18H,2-3,8-9,11H2,1H3. The molecule has 0 fully saturated rings. The van der Waals surface area contributed by atoms with Crippen molar-refractivity contribution in [3.8, 4) is 17.9 Å². The minimum absolute atomic E-state index is 0.263. The lowest BCUT2D eigenvalue weighted by atomic mass is 10.1. The zero-order chi connectivity index (χ0) is 13.4. The summed E-state index contributed by atoms with van der Waals surface area (Å²) in [5.74, 6) is 0.263. The SMILES string of the molecule is Cc1ccc(O)c(CN(CCC#N)CCC#N)c1. The lowest BCUT2D eigenvalue weighted by Crippen LogP contribution is -2.25. The van der Waals surface area contributed by atoms with E-state index >= 15 is 0 Å². The van der Waals surface area contributed by atoms with Crippen LogP contribution in [0.3, 0.4) is 0 Å². The number of nitrogens with zero attached hydrogens (tertiary/aromatic N) is 3. The number of phenols is 1. The molecular formula is C14H17N3O. The second-order valence-corrected chi connectivity index (χ2v) is 4.22. The largest absolute Gasteiger partial charge is 0.508 e. The number of nitriles is 2. The minimum atomic E-state index is 0.263. The van der Waals surface area contributed by atoms with Gasteiger partial charge in [-0.15, -0.1) is 0 Å². The van der Waals surface area contributed by atoms with E-state index in [0.717, 1.165) is 11.1 Å². The van der Waals surface area contributed by atoms with E-state index in [1.165, 1.54) is 0 Å². The molecule has 0 heterocycles. The number of rotatable bonds is 6. The highest BCUT2D eigenvalue weighted by atomic mass is 16.3. The summed E-state index contributed by atoms with van der Waals surface area (Å²) in [4.78, 5) is 2.01. The van der Waals surface area contributed by atoms with Crippen LogP contribution in [-0.4, -0.2) is 23.1 Å². The van der Waals surface area contributed by atoms with Crippen molar-refractivity contribution in [2.24, 2.45) is 0 Å².